The minimum atomic E-state index is 0.427. The van der Waals surface area contributed by atoms with E-state index in [1.165, 1.54) is 44.3 Å². The highest BCUT2D eigenvalue weighted by Gasteiger charge is 2.45. The van der Waals surface area contributed by atoms with Crippen LogP contribution in [-0.2, 0) is 11.3 Å². The first kappa shape index (κ1) is 14.1. The van der Waals surface area contributed by atoms with Crippen molar-refractivity contribution in [3.05, 3.63) is 24.2 Å². The van der Waals surface area contributed by atoms with Gasteiger partial charge in [-0.15, -0.1) is 0 Å². The van der Waals surface area contributed by atoms with Gasteiger partial charge in [-0.2, -0.15) is 0 Å². The Morgan fingerprint density at radius 2 is 2.15 bits per heavy atom. The molecule has 1 aromatic rings. The third kappa shape index (κ3) is 2.65. The molecule has 4 nitrogen and oxygen atoms in total. The van der Waals surface area contributed by atoms with Gasteiger partial charge in [0.2, 0.25) is 0 Å². The Kier molecular flexibility index (Phi) is 4.15. The zero-order chi connectivity index (χ0) is 14.0. The minimum Gasteiger partial charge on any atom is -0.472 e. The maximum Gasteiger partial charge on any atom is 0.0947 e. The van der Waals surface area contributed by atoms with E-state index in [0.29, 0.717) is 11.6 Å². The summed E-state index contributed by atoms with van der Waals surface area (Å²) in [4.78, 5) is 5.15. The van der Waals surface area contributed by atoms with Gasteiger partial charge in [0.15, 0.2) is 0 Å². The molecule has 3 rings (SSSR count). The summed E-state index contributed by atoms with van der Waals surface area (Å²) in [6.45, 7) is 4.28. The highest BCUT2D eigenvalue weighted by molar-refractivity contribution is 5.07. The van der Waals surface area contributed by atoms with Crippen LogP contribution in [0.25, 0.3) is 0 Å². The molecule has 0 N–H and O–H groups in total. The predicted octanol–water partition coefficient (Wildman–Crippen LogP) is 2.35. The summed E-state index contributed by atoms with van der Waals surface area (Å²) in [5, 5.41) is 0. The van der Waals surface area contributed by atoms with Crippen molar-refractivity contribution in [1.82, 2.24) is 9.80 Å². The molecule has 0 amide bonds. The van der Waals surface area contributed by atoms with Crippen LogP contribution >= 0.6 is 0 Å². The Balaban J connectivity index is 1.55. The van der Waals surface area contributed by atoms with E-state index in [0.717, 1.165) is 13.2 Å². The zero-order valence-corrected chi connectivity index (χ0v) is 12.7. The molecule has 0 bridgehead atoms. The van der Waals surface area contributed by atoms with Crippen LogP contribution in [0.4, 0.5) is 0 Å². The van der Waals surface area contributed by atoms with E-state index in [2.05, 4.69) is 22.9 Å². The standard InChI is InChI=1S/C16H26N2O2/c1-17-15(13-19-2)3-5-16(17)6-8-18(9-7-16)11-14-4-10-20-12-14/h4,10,12,15H,3,5-9,11,13H2,1-2H3/t15-/m0/s1. The minimum absolute atomic E-state index is 0.427. The topological polar surface area (TPSA) is 28.9 Å². The highest BCUT2D eigenvalue weighted by Crippen LogP contribution is 2.40. The van der Waals surface area contributed by atoms with E-state index >= 15 is 0 Å². The Bertz CT molecular complexity index is 410. The Hall–Kier alpha value is -0.840. The van der Waals surface area contributed by atoms with Gasteiger partial charge in [0, 0.05) is 43.9 Å². The molecule has 2 fully saturated rings. The number of methoxy groups -OCH3 is 1. The van der Waals surface area contributed by atoms with E-state index in [1.54, 1.807) is 6.26 Å². The van der Waals surface area contributed by atoms with Crippen LogP contribution in [0.15, 0.2) is 23.0 Å². The normalized spacial score (nSPS) is 27.4. The molecule has 0 unspecified atom stereocenters. The predicted molar refractivity (Wildman–Crippen MR) is 78.6 cm³/mol. The van der Waals surface area contributed by atoms with Gasteiger partial charge >= 0.3 is 0 Å². The Morgan fingerprint density at radius 1 is 1.35 bits per heavy atom. The molecule has 4 heteroatoms. The van der Waals surface area contributed by atoms with Crippen molar-refractivity contribution in [2.24, 2.45) is 0 Å². The molecule has 2 saturated heterocycles. The number of furan rings is 1. The number of hydrogen-bond donors (Lipinski definition) is 0. The smallest absolute Gasteiger partial charge is 0.0947 e. The second-order valence-electron chi connectivity index (χ2n) is 6.39. The van der Waals surface area contributed by atoms with E-state index in [9.17, 15) is 0 Å². The first-order valence-electron chi connectivity index (χ1n) is 7.69. The van der Waals surface area contributed by atoms with Crippen molar-refractivity contribution in [3.63, 3.8) is 0 Å². The number of nitrogens with zero attached hydrogens (tertiary/aromatic N) is 2. The van der Waals surface area contributed by atoms with Crippen LogP contribution in [0, 0.1) is 0 Å². The average Bonchev–Trinajstić information content (AvgIpc) is 3.06. The summed E-state index contributed by atoms with van der Waals surface area (Å²) in [7, 11) is 4.11. The van der Waals surface area contributed by atoms with Crippen LogP contribution in [-0.4, -0.2) is 55.2 Å². The molecule has 112 valence electrons. The van der Waals surface area contributed by atoms with Crippen LogP contribution in [0.1, 0.15) is 31.2 Å². The molecular weight excluding hydrogens is 252 g/mol. The van der Waals surface area contributed by atoms with E-state index in [1.807, 2.05) is 13.4 Å². The number of rotatable bonds is 4. The fourth-order valence-corrected chi connectivity index (χ4v) is 3.95. The molecule has 1 atom stereocenters. The molecule has 0 saturated carbocycles. The number of likely N-dealkylation sites (N-methyl/N-ethyl adjacent to an activating group) is 1. The summed E-state index contributed by atoms with van der Waals surface area (Å²) in [6.07, 6.45) is 8.80. The summed E-state index contributed by atoms with van der Waals surface area (Å²) in [5.74, 6) is 0. The average molecular weight is 278 g/mol. The van der Waals surface area contributed by atoms with Crippen molar-refractivity contribution in [1.29, 1.82) is 0 Å². The lowest BCUT2D eigenvalue weighted by atomic mass is 9.85. The molecule has 3 heterocycles. The summed E-state index contributed by atoms with van der Waals surface area (Å²) in [5.41, 5.74) is 1.72. The molecule has 0 aromatic carbocycles. The van der Waals surface area contributed by atoms with Crippen LogP contribution in [0.5, 0.6) is 0 Å². The zero-order valence-electron chi connectivity index (χ0n) is 12.7. The van der Waals surface area contributed by atoms with Gasteiger partial charge in [-0.05, 0) is 38.8 Å². The molecule has 2 aliphatic heterocycles. The number of hydrogen-bond acceptors (Lipinski definition) is 4. The lowest BCUT2D eigenvalue weighted by Gasteiger charge is -2.45. The van der Waals surface area contributed by atoms with Crippen LogP contribution in [0.2, 0.25) is 0 Å². The maximum absolute atomic E-state index is 5.36. The number of piperidine rings is 1. The Labute approximate surface area is 121 Å². The fraction of sp³-hybridized carbons (Fsp3) is 0.750. The van der Waals surface area contributed by atoms with E-state index in [4.69, 9.17) is 9.15 Å². The summed E-state index contributed by atoms with van der Waals surface area (Å²) < 4.78 is 10.5. The van der Waals surface area contributed by atoms with Gasteiger partial charge in [0.25, 0.3) is 0 Å². The SMILES string of the molecule is COC[C@@H]1CCC2(CCN(Cc3ccoc3)CC2)N1C. The molecule has 1 spiro atoms. The second kappa shape index (κ2) is 5.88. The van der Waals surface area contributed by atoms with Crippen molar-refractivity contribution >= 4 is 0 Å². The van der Waals surface area contributed by atoms with Gasteiger partial charge in [-0.25, -0.2) is 0 Å². The largest absolute Gasteiger partial charge is 0.472 e. The van der Waals surface area contributed by atoms with Crippen molar-refractivity contribution in [3.8, 4) is 0 Å². The first-order chi connectivity index (χ1) is 9.73. The van der Waals surface area contributed by atoms with Gasteiger partial charge in [-0.3, -0.25) is 9.80 Å². The first-order valence-corrected chi connectivity index (χ1v) is 7.69. The fourth-order valence-electron chi connectivity index (χ4n) is 3.95. The number of likely N-dealkylation sites (tertiary alicyclic amines) is 2. The maximum atomic E-state index is 5.36. The van der Waals surface area contributed by atoms with E-state index < -0.39 is 0 Å². The van der Waals surface area contributed by atoms with Crippen LogP contribution < -0.4 is 0 Å². The van der Waals surface area contributed by atoms with Gasteiger partial charge in [0.1, 0.15) is 0 Å². The molecule has 0 aliphatic carbocycles. The molecule has 2 aliphatic rings. The lowest BCUT2D eigenvalue weighted by Crippen LogP contribution is -2.52. The second-order valence-corrected chi connectivity index (χ2v) is 6.39. The Morgan fingerprint density at radius 3 is 2.80 bits per heavy atom. The molecule has 1 aromatic heterocycles. The van der Waals surface area contributed by atoms with E-state index in [-0.39, 0.29) is 0 Å². The van der Waals surface area contributed by atoms with Crippen molar-refractivity contribution < 1.29 is 9.15 Å². The quantitative estimate of drug-likeness (QED) is 0.845. The monoisotopic (exact) mass is 278 g/mol. The third-order valence-electron chi connectivity index (χ3n) is 5.37. The number of ether oxygens (including phenoxy) is 1. The van der Waals surface area contributed by atoms with Crippen molar-refractivity contribution in [2.75, 3.05) is 33.9 Å². The third-order valence-corrected chi connectivity index (χ3v) is 5.37. The van der Waals surface area contributed by atoms with Gasteiger partial charge < -0.3 is 9.15 Å². The van der Waals surface area contributed by atoms with Crippen LogP contribution in [0.3, 0.4) is 0 Å². The molecular formula is C16H26N2O2. The summed E-state index contributed by atoms with van der Waals surface area (Å²) in [6, 6.07) is 2.68. The lowest BCUT2D eigenvalue weighted by molar-refractivity contribution is 0.0282. The van der Waals surface area contributed by atoms with Crippen molar-refractivity contribution in [2.45, 2.75) is 43.8 Å². The molecule has 0 radical (unpaired) electrons. The highest BCUT2D eigenvalue weighted by atomic mass is 16.5. The molecule has 20 heavy (non-hydrogen) atoms. The van der Waals surface area contributed by atoms with Gasteiger partial charge in [-0.1, -0.05) is 0 Å². The van der Waals surface area contributed by atoms with Gasteiger partial charge in [0.05, 0.1) is 19.1 Å². The summed E-state index contributed by atoms with van der Waals surface area (Å²) >= 11 is 0.